The summed E-state index contributed by atoms with van der Waals surface area (Å²) in [4.78, 5) is 3.90. The van der Waals surface area contributed by atoms with Gasteiger partial charge < -0.3 is 0 Å². The minimum absolute atomic E-state index is 0.233. The van der Waals surface area contributed by atoms with Crippen molar-refractivity contribution >= 4 is 10.0 Å². The molecule has 0 aliphatic carbocycles. The van der Waals surface area contributed by atoms with Gasteiger partial charge in [-0.25, -0.2) is 13.1 Å². The molecule has 1 aromatic heterocycles. The molecule has 0 saturated carbocycles. The molecule has 5 heteroatoms. The maximum absolute atomic E-state index is 10.9. The molecule has 0 aliphatic rings. The van der Waals surface area contributed by atoms with Gasteiger partial charge in [-0.1, -0.05) is 6.07 Å². The zero-order valence-corrected chi connectivity index (χ0v) is 8.38. The summed E-state index contributed by atoms with van der Waals surface area (Å²) in [7, 11) is -3.15. The molecule has 0 saturated heterocycles. The van der Waals surface area contributed by atoms with E-state index in [1.54, 1.807) is 25.4 Å². The standard InChI is InChI=1S/C8H12N2O2S/c1-7(10-13(2,11)12)8-4-3-5-9-6-8/h3-7,10H,1-2H3. The first-order chi connectivity index (χ1) is 5.99. The SMILES string of the molecule is CC(NS(C)(=O)=O)c1cccnc1. The summed E-state index contributed by atoms with van der Waals surface area (Å²) in [6, 6.07) is 3.37. The van der Waals surface area contributed by atoms with Crippen molar-refractivity contribution < 1.29 is 8.42 Å². The van der Waals surface area contributed by atoms with E-state index in [2.05, 4.69) is 9.71 Å². The second kappa shape index (κ2) is 3.85. The van der Waals surface area contributed by atoms with Crippen LogP contribution in [0.25, 0.3) is 0 Å². The van der Waals surface area contributed by atoms with Crippen LogP contribution in [0.15, 0.2) is 24.5 Å². The van der Waals surface area contributed by atoms with E-state index in [0.29, 0.717) is 0 Å². The number of aromatic nitrogens is 1. The van der Waals surface area contributed by atoms with Gasteiger partial charge in [0, 0.05) is 18.4 Å². The second-order valence-electron chi connectivity index (χ2n) is 2.90. The molecular formula is C8H12N2O2S. The Kier molecular flexibility index (Phi) is 3.00. The minimum atomic E-state index is -3.15. The Labute approximate surface area is 78.1 Å². The first-order valence-electron chi connectivity index (χ1n) is 3.86. The Morgan fingerprint density at radius 2 is 2.23 bits per heavy atom. The van der Waals surface area contributed by atoms with Crippen molar-refractivity contribution in [2.45, 2.75) is 13.0 Å². The zero-order valence-electron chi connectivity index (χ0n) is 7.56. The van der Waals surface area contributed by atoms with Crippen LogP contribution in [0.3, 0.4) is 0 Å². The number of nitrogens with zero attached hydrogens (tertiary/aromatic N) is 1. The first-order valence-corrected chi connectivity index (χ1v) is 5.75. The number of hydrogen-bond donors (Lipinski definition) is 1. The van der Waals surface area contributed by atoms with E-state index < -0.39 is 10.0 Å². The van der Waals surface area contributed by atoms with Gasteiger partial charge in [0.2, 0.25) is 10.0 Å². The Morgan fingerprint density at radius 3 is 2.69 bits per heavy atom. The number of hydrogen-bond acceptors (Lipinski definition) is 3. The lowest BCUT2D eigenvalue weighted by Gasteiger charge is -2.11. The van der Waals surface area contributed by atoms with Gasteiger partial charge in [-0.3, -0.25) is 4.98 Å². The van der Waals surface area contributed by atoms with Crippen LogP contribution in [0.1, 0.15) is 18.5 Å². The predicted molar refractivity (Wildman–Crippen MR) is 50.6 cm³/mol. The van der Waals surface area contributed by atoms with E-state index >= 15 is 0 Å². The average molecular weight is 200 g/mol. The summed E-state index contributed by atoms with van der Waals surface area (Å²) in [6.07, 6.45) is 4.43. The Balaban J connectivity index is 2.76. The van der Waals surface area contributed by atoms with Crippen LogP contribution in [-0.2, 0) is 10.0 Å². The lowest BCUT2D eigenvalue weighted by molar-refractivity contribution is 0.573. The van der Waals surface area contributed by atoms with E-state index in [4.69, 9.17) is 0 Å². The highest BCUT2D eigenvalue weighted by atomic mass is 32.2. The number of sulfonamides is 1. The molecule has 0 spiro atoms. The zero-order chi connectivity index (χ0) is 9.90. The molecule has 0 amide bonds. The van der Waals surface area contributed by atoms with Gasteiger partial charge in [-0.2, -0.15) is 0 Å². The summed E-state index contributed by atoms with van der Waals surface area (Å²) in [5.74, 6) is 0. The minimum Gasteiger partial charge on any atom is -0.264 e. The van der Waals surface area contributed by atoms with Crippen LogP contribution >= 0.6 is 0 Å². The fourth-order valence-corrected chi connectivity index (χ4v) is 1.80. The molecule has 1 atom stereocenters. The molecule has 13 heavy (non-hydrogen) atoms. The van der Waals surface area contributed by atoms with Crippen molar-refractivity contribution in [3.8, 4) is 0 Å². The van der Waals surface area contributed by atoms with Crippen molar-refractivity contribution in [2.75, 3.05) is 6.26 Å². The Bertz CT molecular complexity index is 361. The first kappa shape index (κ1) is 10.1. The lowest BCUT2D eigenvalue weighted by atomic mass is 10.2. The molecule has 72 valence electrons. The molecule has 1 N–H and O–H groups in total. The highest BCUT2D eigenvalue weighted by Gasteiger charge is 2.09. The highest BCUT2D eigenvalue weighted by molar-refractivity contribution is 7.88. The third-order valence-electron chi connectivity index (χ3n) is 1.58. The number of nitrogens with one attached hydrogen (secondary N) is 1. The normalized spacial score (nSPS) is 14.0. The quantitative estimate of drug-likeness (QED) is 0.781. The van der Waals surface area contributed by atoms with E-state index in [1.807, 2.05) is 6.07 Å². The third kappa shape index (κ3) is 3.52. The topological polar surface area (TPSA) is 59.1 Å². The fourth-order valence-electron chi connectivity index (χ4n) is 1.02. The molecule has 0 radical (unpaired) electrons. The van der Waals surface area contributed by atoms with Crippen molar-refractivity contribution in [1.82, 2.24) is 9.71 Å². The number of pyridine rings is 1. The summed E-state index contributed by atoms with van der Waals surface area (Å²) in [5, 5.41) is 0. The van der Waals surface area contributed by atoms with Gasteiger partial charge in [0.15, 0.2) is 0 Å². The number of rotatable bonds is 3. The van der Waals surface area contributed by atoms with E-state index in [-0.39, 0.29) is 6.04 Å². The summed E-state index contributed by atoms with van der Waals surface area (Å²) >= 11 is 0. The molecular weight excluding hydrogens is 188 g/mol. The largest absolute Gasteiger partial charge is 0.264 e. The summed E-state index contributed by atoms with van der Waals surface area (Å²) in [5.41, 5.74) is 0.855. The van der Waals surface area contributed by atoms with Gasteiger partial charge in [0.05, 0.1) is 6.26 Å². The van der Waals surface area contributed by atoms with Crippen LogP contribution < -0.4 is 4.72 Å². The van der Waals surface area contributed by atoms with E-state index in [1.165, 1.54) is 0 Å². The average Bonchev–Trinajstić information content (AvgIpc) is 2.03. The lowest BCUT2D eigenvalue weighted by Crippen LogP contribution is -2.25. The van der Waals surface area contributed by atoms with Gasteiger partial charge in [0.25, 0.3) is 0 Å². The molecule has 1 rings (SSSR count). The van der Waals surface area contributed by atoms with Crippen molar-refractivity contribution in [3.05, 3.63) is 30.1 Å². The Hall–Kier alpha value is -0.940. The van der Waals surface area contributed by atoms with Gasteiger partial charge >= 0.3 is 0 Å². The van der Waals surface area contributed by atoms with Gasteiger partial charge in [0.1, 0.15) is 0 Å². The van der Waals surface area contributed by atoms with E-state index in [0.717, 1.165) is 11.8 Å². The highest BCUT2D eigenvalue weighted by Crippen LogP contribution is 2.10. The Morgan fingerprint density at radius 1 is 1.54 bits per heavy atom. The van der Waals surface area contributed by atoms with Crippen LogP contribution in [0.2, 0.25) is 0 Å². The van der Waals surface area contributed by atoms with Gasteiger partial charge in [-0.05, 0) is 18.6 Å². The molecule has 0 fully saturated rings. The molecule has 4 nitrogen and oxygen atoms in total. The predicted octanol–water partition coefficient (Wildman–Crippen LogP) is 0.692. The molecule has 0 bridgehead atoms. The fraction of sp³-hybridized carbons (Fsp3) is 0.375. The molecule has 0 aliphatic heterocycles. The van der Waals surface area contributed by atoms with Crippen molar-refractivity contribution in [1.29, 1.82) is 0 Å². The molecule has 1 aromatic rings. The van der Waals surface area contributed by atoms with Crippen molar-refractivity contribution in [3.63, 3.8) is 0 Å². The van der Waals surface area contributed by atoms with Crippen LogP contribution in [-0.4, -0.2) is 19.7 Å². The summed E-state index contributed by atoms with van der Waals surface area (Å²) < 4.78 is 24.2. The van der Waals surface area contributed by atoms with Gasteiger partial charge in [-0.15, -0.1) is 0 Å². The van der Waals surface area contributed by atoms with Crippen LogP contribution in [0.5, 0.6) is 0 Å². The van der Waals surface area contributed by atoms with Crippen LogP contribution in [0, 0.1) is 0 Å². The smallest absolute Gasteiger partial charge is 0.209 e. The third-order valence-corrected chi connectivity index (χ3v) is 2.36. The molecule has 0 aromatic carbocycles. The molecule has 1 unspecified atom stereocenters. The van der Waals surface area contributed by atoms with Crippen molar-refractivity contribution in [2.24, 2.45) is 0 Å². The van der Waals surface area contributed by atoms with E-state index in [9.17, 15) is 8.42 Å². The van der Waals surface area contributed by atoms with Crippen LogP contribution in [0.4, 0.5) is 0 Å². The second-order valence-corrected chi connectivity index (χ2v) is 4.68. The maximum Gasteiger partial charge on any atom is 0.209 e. The monoisotopic (exact) mass is 200 g/mol. The maximum atomic E-state index is 10.9. The molecule has 1 heterocycles. The summed E-state index contributed by atoms with van der Waals surface area (Å²) in [6.45, 7) is 1.78.